The summed E-state index contributed by atoms with van der Waals surface area (Å²) in [6.45, 7) is 4.40. The topological polar surface area (TPSA) is 50.8 Å². The number of anilines is 3. The van der Waals surface area contributed by atoms with Crippen LogP contribution in [0.3, 0.4) is 0 Å². The maximum absolute atomic E-state index is 9.61. The molecule has 1 aliphatic carbocycles. The van der Waals surface area contributed by atoms with E-state index in [1.54, 1.807) is 0 Å². The highest BCUT2D eigenvalue weighted by Crippen LogP contribution is 2.45. The highest BCUT2D eigenvalue weighted by Gasteiger charge is 2.29. The van der Waals surface area contributed by atoms with E-state index in [1.165, 1.54) is 0 Å². The van der Waals surface area contributed by atoms with E-state index in [2.05, 4.69) is 128 Å². The van der Waals surface area contributed by atoms with Crippen LogP contribution in [0.4, 0.5) is 17.1 Å². The summed E-state index contributed by atoms with van der Waals surface area (Å²) >= 11 is 0. The summed E-state index contributed by atoms with van der Waals surface area (Å²) in [6, 6.07) is 41.8. The standard InChI is InChI=1S/C37H31N3/c1-37(2)24-30(32(26-38)27-39)22-31(25-37)36-21-20-35(23-29(36)19-18-28-12-6-3-7-13-28)40(33-14-8-4-9-15-33)34-16-10-5-11-17-34/h3-23H,24-25H2,1-2H3/b19-18+. The second-order valence-corrected chi connectivity index (χ2v) is 10.8. The summed E-state index contributed by atoms with van der Waals surface area (Å²) in [7, 11) is 0. The predicted octanol–water partition coefficient (Wildman–Crippen LogP) is 9.87. The van der Waals surface area contributed by atoms with Crippen molar-refractivity contribution in [2.75, 3.05) is 4.90 Å². The van der Waals surface area contributed by atoms with Crippen LogP contribution in [-0.2, 0) is 0 Å². The summed E-state index contributed by atoms with van der Waals surface area (Å²) in [6.07, 6.45) is 7.93. The summed E-state index contributed by atoms with van der Waals surface area (Å²) < 4.78 is 0. The lowest BCUT2D eigenvalue weighted by molar-refractivity contribution is 0.369. The molecule has 0 fully saturated rings. The molecule has 4 aromatic carbocycles. The predicted molar refractivity (Wildman–Crippen MR) is 166 cm³/mol. The SMILES string of the molecule is CC1(C)CC(c2ccc(N(c3ccccc3)c3ccccc3)cc2/C=C/c2ccccc2)=CC(=C(C#N)C#N)C1. The van der Waals surface area contributed by atoms with Gasteiger partial charge in [-0.25, -0.2) is 0 Å². The van der Waals surface area contributed by atoms with Crippen molar-refractivity contribution in [3.8, 4) is 12.1 Å². The molecular weight excluding hydrogens is 486 g/mol. The van der Waals surface area contributed by atoms with E-state index in [9.17, 15) is 10.5 Å². The van der Waals surface area contributed by atoms with Gasteiger partial charge in [0.1, 0.15) is 17.7 Å². The third-order valence-corrected chi connectivity index (χ3v) is 7.15. The van der Waals surface area contributed by atoms with Gasteiger partial charge < -0.3 is 4.90 Å². The highest BCUT2D eigenvalue weighted by molar-refractivity contribution is 5.86. The van der Waals surface area contributed by atoms with Gasteiger partial charge >= 0.3 is 0 Å². The van der Waals surface area contributed by atoms with Gasteiger partial charge in [0.05, 0.1) is 0 Å². The molecule has 0 aromatic heterocycles. The summed E-state index contributed by atoms with van der Waals surface area (Å²) in [5.41, 5.74) is 8.60. The zero-order chi connectivity index (χ0) is 28.0. The molecule has 194 valence electrons. The minimum atomic E-state index is -0.0719. The first-order valence-electron chi connectivity index (χ1n) is 13.5. The Kier molecular flexibility index (Phi) is 7.77. The van der Waals surface area contributed by atoms with Crippen molar-refractivity contribution in [2.24, 2.45) is 5.41 Å². The number of nitrogens with zero attached hydrogens (tertiary/aromatic N) is 3. The van der Waals surface area contributed by atoms with Crippen LogP contribution < -0.4 is 4.90 Å². The number of hydrogen-bond donors (Lipinski definition) is 0. The molecule has 0 aliphatic heterocycles. The molecule has 0 radical (unpaired) electrons. The van der Waals surface area contributed by atoms with Gasteiger partial charge in [-0.15, -0.1) is 0 Å². The summed E-state index contributed by atoms with van der Waals surface area (Å²) in [4.78, 5) is 2.26. The number of para-hydroxylation sites is 2. The molecule has 0 bridgehead atoms. The van der Waals surface area contributed by atoms with Crippen LogP contribution in [0.1, 0.15) is 43.4 Å². The van der Waals surface area contributed by atoms with Crippen LogP contribution >= 0.6 is 0 Å². The van der Waals surface area contributed by atoms with Gasteiger partial charge in [-0.1, -0.05) is 105 Å². The minimum absolute atomic E-state index is 0.0719. The van der Waals surface area contributed by atoms with Crippen LogP contribution in [0, 0.1) is 28.1 Å². The first kappa shape index (κ1) is 26.5. The molecular formula is C37H31N3. The minimum Gasteiger partial charge on any atom is -0.310 e. The molecule has 3 nitrogen and oxygen atoms in total. The molecule has 0 saturated heterocycles. The molecule has 0 heterocycles. The molecule has 0 amide bonds. The number of benzene rings is 4. The van der Waals surface area contributed by atoms with Gasteiger partial charge in [0, 0.05) is 17.1 Å². The Bertz CT molecular complexity index is 1610. The molecule has 0 atom stereocenters. The van der Waals surface area contributed by atoms with Crippen LogP contribution in [-0.4, -0.2) is 0 Å². The van der Waals surface area contributed by atoms with Crippen molar-refractivity contribution >= 4 is 34.8 Å². The quantitative estimate of drug-likeness (QED) is 0.189. The smallest absolute Gasteiger partial charge is 0.132 e. The van der Waals surface area contributed by atoms with Crippen molar-refractivity contribution in [3.63, 3.8) is 0 Å². The monoisotopic (exact) mass is 517 g/mol. The first-order valence-corrected chi connectivity index (χ1v) is 13.5. The van der Waals surface area contributed by atoms with E-state index < -0.39 is 0 Å². The normalized spacial score (nSPS) is 14.2. The Hall–Kier alpha value is -5.12. The molecule has 40 heavy (non-hydrogen) atoms. The van der Waals surface area contributed by atoms with Crippen molar-refractivity contribution in [1.29, 1.82) is 10.5 Å². The highest BCUT2D eigenvalue weighted by atomic mass is 15.1. The van der Waals surface area contributed by atoms with E-state index in [0.29, 0.717) is 6.42 Å². The molecule has 0 N–H and O–H groups in total. The van der Waals surface area contributed by atoms with E-state index in [0.717, 1.165) is 51.3 Å². The average Bonchev–Trinajstić information content (AvgIpc) is 2.98. The van der Waals surface area contributed by atoms with E-state index in [1.807, 2.05) is 30.3 Å². The molecule has 3 heteroatoms. The van der Waals surface area contributed by atoms with Crippen LogP contribution in [0.25, 0.3) is 17.7 Å². The number of allylic oxidation sites excluding steroid dienone is 4. The molecule has 5 rings (SSSR count). The third kappa shape index (κ3) is 5.96. The van der Waals surface area contributed by atoms with E-state index >= 15 is 0 Å². The van der Waals surface area contributed by atoms with E-state index in [4.69, 9.17) is 0 Å². The number of rotatable bonds is 6. The van der Waals surface area contributed by atoms with Crippen LogP contribution in [0.5, 0.6) is 0 Å². The fraction of sp³-hybridized carbons (Fsp3) is 0.135. The maximum Gasteiger partial charge on any atom is 0.132 e. The first-order chi connectivity index (χ1) is 19.5. The fourth-order valence-electron chi connectivity index (χ4n) is 5.38. The molecule has 4 aromatic rings. The second kappa shape index (κ2) is 11.7. The number of nitriles is 2. The van der Waals surface area contributed by atoms with Crippen molar-refractivity contribution in [3.05, 3.63) is 143 Å². The third-order valence-electron chi connectivity index (χ3n) is 7.15. The Morgan fingerprint density at radius 1 is 0.700 bits per heavy atom. The van der Waals surface area contributed by atoms with E-state index in [-0.39, 0.29) is 11.0 Å². The zero-order valence-corrected chi connectivity index (χ0v) is 22.9. The molecule has 0 unspecified atom stereocenters. The molecule has 1 aliphatic rings. The lowest BCUT2D eigenvalue weighted by Gasteiger charge is -2.32. The number of hydrogen-bond acceptors (Lipinski definition) is 3. The fourth-order valence-corrected chi connectivity index (χ4v) is 5.38. The lowest BCUT2D eigenvalue weighted by Crippen LogP contribution is -2.18. The largest absolute Gasteiger partial charge is 0.310 e. The Morgan fingerprint density at radius 2 is 1.27 bits per heavy atom. The van der Waals surface area contributed by atoms with Gasteiger partial charge in [-0.2, -0.15) is 10.5 Å². The summed E-state index contributed by atoms with van der Waals surface area (Å²) in [5.74, 6) is 0. The van der Waals surface area contributed by atoms with Crippen LogP contribution in [0.15, 0.2) is 126 Å². The second-order valence-electron chi connectivity index (χ2n) is 10.8. The Balaban J connectivity index is 1.69. The summed E-state index contributed by atoms with van der Waals surface area (Å²) in [5, 5.41) is 19.2. The van der Waals surface area contributed by atoms with Crippen molar-refractivity contribution < 1.29 is 0 Å². The Labute approximate surface area is 237 Å². The van der Waals surface area contributed by atoms with Crippen molar-refractivity contribution in [2.45, 2.75) is 26.7 Å². The Morgan fingerprint density at radius 3 is 1.85 bits per heavy atom. The average molecular weight is 518 g/mol. The molecule has 0 spiro atoms. The van der Waals surface area contributed by atoms with Crippen molar-refractivity contribution in [1.82, 2.24) is 0 Å². The van der Waals surface area contributed by atoms with Gasteiger partial charge in [0.15, 0.2) is 0 Å². The van der Waals surface area contributed by atoms with Gasteiger partial charge in [0.2, 0.25) is 0 Å². The zero-order valence-electron chi connectivity index (χ0n) is 22.9. The lowest BCUT2D eigenvalue weighted by atomic mass is 9.72. The maximum atomic E-state index is 9.61. The van der Waals surface area contributed by atoms with Crippen LogP contribution in [0.2, 0.25) is 0 Å². The van der Waals surface area contributed by atoms with Gasteiger partial charge in [0.25, 0.3) is 0 Å². The molecule has 0 saturated carbocycles. The van der Waals surface area contributed by atoms with Gasteiger partial charge in [-0.05, 0) is 82.5 Å². The van der Waals surface area contributed by atoms with Gasteiger partial charge in [-0.3, -0.25) is 0 Å².